The highest BCUT2D eigenvalue weighted by molar-refractivity contribution is 6.33. The van der Waals surface area contributed by atoms with Crippen molar-refractivity contribution in [3.63, 3.8) is 0 Å². The van der Waals surface area contributed by atoms with Gasteiger partial charge in [-0.25, -0.2) is 13.6 Å². The highest BCUT2D eigenvalue weighted by Gasteiger charge is 2.27. The van der Waals surface area contributed by atoms with Crippen LogP contribution in [0.1, 0.15) is 56.3 Å². The monoisotopic (exact) mass is 383 g/mol. The summed E-state index contributed by atoms with van der Waals surface area (Å²) in [7, 11) is 0. The lowest BCUT2D eigenvalue weighted by Crippen LogP contribution is -2.25. The second-order valence-electron chi connectivity index (χ2n) is 5.84. The number of hydrogen-bond acceptors (Lipinski definition) is 4. The van der Waals surface area contributed by atoms with Crippen molar-refractivity contribution in [2.45, 2.75) is 33.8 Å². The zero-order valence-electron chi connectivity index (χ0n) is 14.5. The van der Waals surface area contributed by atoms with Crippen LogP contribution in [-0.4, -0.2) is 28.6 Å². The van der Waals surface area contributed by atoms with Crippen LogP contribution in [0.4, 0.5) is 8.78 Å². The number of hydrogen-bond donors (Lipinski definition) is 1. The Morgan fingerprint density at radius 3 is 2.27 bits per heavy atom. The van der Waals surface area contributed by atoms with E-state index >= 15 is 0 Å². The molecule has 0 bridgehead atoms. The third kappa shape index (κ3) is 3.67. The third-order valence-corrected chi connectivity index (χ3v) is 4.23. The molecule has 1 aromatic heterocycles. The summed E-state index contributed by atoms with van der Waals surface area (Å²) in [5.41, 5.74) is 1.13. The van der Waals surface area contributed by atoms with Crippen LogP contribution in [0, 0.1) is 25.5 Å². The lowest BCUT2D eigenvalue weighted by Gasteiger charge is -2.13. The maximum atomic E-state index is 13.3. The van der Waals surface area contributed by atoms with Gasteiger partial charge in [0.1, 0.15) is 0 Å². The van der Waals surface area contributed by atoms with E-state index < -0.39 is 35.1 Å². The third-order valence-electron chi connectivity index (χ3n) is 3.92. The van der Waals surface area contributed by atoms with Crippen LogP contribution in [0.15, 0.2) is 12.1 Å². The number of aryl methyl sites for hydroxylation is 1. The second-order valence-corrected chi connectivity index (χ2v) is 6.25. The molecule has 0 saturated carbocycles. The lowest BCUT2D eigenvalue weighted by molar-refractivity contribution is 0.0316. The first kappa shape index (κ1) is 19.8. The number of ether oxygens (including phenoxy) is 1. The SMILES string of the molecule is CC(=O)c1c(C)[nH]c(C(=O)[C@@H](C)OC(=O)c2cc(F)c(F)cc2Cl)c1C. The number of aromatic amines is 1. The van der Waals surface area contributed by atoms with Gasteiger partial charge in [-0.2, -0.15) is 0 Å². The molecule has 5 nitrogen and oxygen atoms in total. The maximum absolute atomic E-state index is 13.3. The van der Waals surface area contributed by atoms with Crippen LogP contribution in [-0.2, 0) is 4.74 Å². The Morgan fingerprint density at radius 2 is 1.73 bits per heavy atom. The summed E-state index contributed by atoms with van der Waals surface area (Å²) in [5, 5.41) is -0.334. The number of H-pyrrole nitrogens is 1. The molecule has 0 aliphatic rings. The van der Waals surface area contributed by atoms with E-state index in [0.29, 0.717) is 29.0 Å². The number of nitrogens with one attached hydrogen (secondary N) is 1. The quantitative estimate of drug-likeness (QED) is 0.477. The Kier molecular flexibility index (Phi) is 5.61. The molecule has 0 aliphatic carbocycles. The number of carbonyl (C=O) groups is 3. The number of aromatic nitrogens is 1. The average Bonchev–Trinajstić information content (AvgIpc) is 2.84. The summed E-state index contributed by atoms with van der Waals surface area (Å²) in [6.45, 7) is 5.97. The van der Waals surface area contributed by atoms with E-state index in [-0.39, 0.29) is 16.5 Å². The summed E-state index contributed by atoms with van der Waals surface area (Å²) >= 11 is 5.72. The van der Waals surface area contributed by atoms with Crippen LogP contribution < -0.4 is 0 Å². The standard InChI is InChI=1S/C18H16ClF2NO4/c1-7-15(9(3)23)8(2)22-16(7)17(24)10(4)26-18(25)11-5-13(20)14(21)6-12(11)19/h5-6,10,22H,1-4H3/t10-/m1/s1. The Balaban J connectivity index is 2.25. The molecular formula is C18H16ClF2NO4. The van der Waals surface area contributed by atoms with Gasteiger partial charge in [0.2, 0.25) is 5.78 Å². The zero-order valence-corrected chi connectivity index (χ0v) is 15.3. The molecule has 1 aromatic carbocycles. The average molecular weight is 384 g/mol. The van der Waals surface area contributed by atoms with E-state index in [1.54, 1.807) is 13.8 Å². The van der Waals surface area contributed by atoms with Crippen LogP contribution in [0.5, 0.6) is 0 Å². The fourth-order valence-corrected chi connectivity index (χ4v) is 2.91. The Bertz CT molecular complexity index is 920. The molecule has 1 N–H and O–H groups in total. The van der Waals surface area contributed by atoms with Gasteiger partial charge in [0.05, 0.1) is 16.3 Å². The molecular weight excluding hydrogens is 368 g/mol. The summed E-state index contributed by atoms with van der Waals surface area (Å²) < 4.78 is 31.4. The molecule has 1 atom stereocenters. The van der Waals surface area contributed by atoms with E-state index in [4.69, 9.17) is 16.3 Å². The fourth-order valence-electron chi connectivity index (χ4n) is 2.68. The summed E-state index contributed by atoms with van der Waals surface area (Å²) in [6.07, 6.45) is -1.23. The van der Waals surface area contributed by atoms with Gasteiger partial charge in [0, 0.05) is 11.3 Å². The molecule has 0 radical (unpaired) electrons. The highest BCUT2D eigenvalue weighted by Crippen LogP contribution is 2.23. The number of Topliss-reactive ketones (excluding diaryl/α,β-unsaturated/α-hetero) is 2. The predicted molar refractivity (Wildman–Crippen MR) is 90.8 cm³/mol. The minimum absolute atomic E-state index is 0.143. The molecule has 0 aliphatic heterocycles. The molecule has 138 valence electrons. The summed E-state index contributed by atoms with van der Waals surface area (Å²) in [4.78, 5) is 39.1. The van der Waals surface area contributed by atoms with E-state index in [9.17, 15) is 23.2 Å². The number of benzene rings is 1. The van der Waals surface area contributed by atoms with E-state index in [0.717, 1.165) is 0 Å². The van der Waals surface area contributed by atoms with Crippen molar-refractivity contribution in [3.8, 4) is 0 Å². The lowest BCUT2D eigenvalue weighted by atomic mass is 10.0. The van der Waals surface area contributed by atoms with Gasteiger partial charge in [-0.05, 0) is 45.4 Å². The minimum Gasteiger partial charge on any atom is -0.451 e. The van der Waals surface area contributed by atoms with Crippen molar-refractivity contribution in [2.24, 2.45) is 0 Å². The van der Waals surface area contributed by atoms with Crippen molar-refractivity contribution in [3.05, 3.63) is 56.9 Å². The Morgan fingerprint density at radius 1 is 1.15 bits per heavy atom. The normalized spacial score (nSPS) is 12.0. The molecule has 0 spiro atoms. The van der Waals surface area contributed by atoms with Crippen molar-refractivity contribution in [1.82, 2.24) is 4.98 Å². The molecule has 2 aromatic rings. The van der Waals surface area contributed by atoms with Crippen LogP contribution >= 0.6 is 11.6 Å². The first-order valence-electron chi connectivity index (χ1n) is 7.64. The van der Waals surface area contributed by atoms with Crippen LogP contribution in [0.25, 0.3) is 0 Å². The predicted octanol–water partition coefficient (Wildman–Crippen LogP) is 4.19. The van der Waals surface area contributed by atoms with Crippen molar-refractivity contribution >= 4 is 29.1 Å². The first-order chi connectivity index (χ1) is 12.0. The second kappa shape index (κ2) is 7.37. The van der Waals surface area contributed by atoms with Crippen molar-refractivity contribution in [2.75, 3.05) is 0 Å². The van der Waals surface area contributed by atoms with Gasteiger partial charge in [-0.1, -0.05) is 11.6 Å². The smallest absolute Gasteiger partial charge is 0.340 e. The van der Waals surface area contributed by atoms with E-state index in [2.05, 4.69) is 4.98 Å². The molecule has 0 saturated heterocycles. The molecule has 0 fully saturated rings. The van der Waals surface area contributed by atoms with E-state index in [1.807, 2.05) is 0 Å². The molecule has 26 heavy (non-hydrogen) atoms. The highest BCUT2D eigenvalue weighted by atomic mass is 35.5. The van der Waals surface area contributed by atoms with Gasteiger partial charge in [-0.15, -0.1) is 0 Å². The molecule has 2 rings (SSSR count). The Hall–Kier alpha value is -2.54. The largest absolute Gasteiger partial charge is 0.451 e. The molecule has 0 unspecified atom stereocenters. The van der Waals surface area contributed by atoms with Gasteiger partial charge >= 0.3 is 5.97 Å². The topological polar surface area (TPSA) is 76.2 Å². The summed E-state index contributed by atoms with van der Waals surface area (Å²) in [6, 6.07) is 1.26. The molecule has 8 heteroatoms. The van der Waals surface area contributed by atoms with Gasteiger partial charge < -0.3 is 9.72 Å². The van der Waals surface area contributed by atoms with Crippen molar-refractivity contribution in [1.29, 1.82) is 0 Å². The number of carbonyl (C=O) groups excluding carboxylic acids is 3. The van der Waals surface area contributed by atoms with Crippen LogP contribution in [0.3, 0.4) is 0 Å². The van der Waals surface area contributed by atoms with E-state index in [1.165, 1.54) is 13.8 Å². The molecule has 1 heterocycles. The number of esters is 1. The molecule has 0 amide bonds. The van der Waals surface area contributed by atoms with Gasteiger partial charge in [0.25, 0.3) is 0 Å². The van der Waals surface area contributed by atoms with Gasteiger partial charge in [-0.3, -0.25) is 9.59 Å². The Labute approximate surface area is 153 Å². The number of rotatable bonds is 5. The van der Waals surface area contributed by atoms with Gasteiger partial charge in [0.15, 0.2) is 23.5 Å². The van der Waals surface area contributed by atoms with Crippen molar-refractivity contribution < 1.29 is 27.9 Å². The number of ketones is 2. The maximum Gasteiger partial charge on any atom is 0.340 e. The zero-order chi connectivity index (χ0) is 19.8. The minimum atomic E-state index is -1.26. The first-order valence-corrected chi connectivity index (χ1v) is 8.02. The fraction of sp³-hybridized carbons (Fsp3) is 0.278. The van der Waals surface area contributed by atoms with Crippen LogP contribution in [0.2, 0.25) is 5.02 Å². The summed E-state index contributed by atoms with van der Waals surface area (Å²) in [5.74, 6) is -4.30. The number of halogens is 3.